The van der Waals surface area contributed by atoms with Gasteiger partial charge in [0.25, 0.3) is 0 Å². The maximum atomic E-state index is 6.33. The van der Waals surface area contributed by atoms with Crippen LogP contribution in [0.5, 0.6) is 0 Å². The van der Waals surface area contributed by atoms with Crippen LogP contribution in [0.4, 0.5) is 0 Å². The van der Waals surface area contributed by atoms with Gasteiger partial charge in [-0.15, -0.1) is 0 Å². The minimum atomic E-state index is 0.350. The zero-order chi connectivity index (χ0) is 11.2. The van der Waals surface area contributed by atoms with Gasteiger partial charge in [0.1, 0.15) is 0 Å². The lowest BCUT2D eigenvalue weighted by molar-refractivity contribution is 0.198. The number of nitrogens with two attached hydrogens (primary N) is 1. The molecule has 14 heavy (non-hydrogen) atoms. The average Bonchev–Trinajstić information content (AvgIpc) is 2.24. The molecule has 0 aliphatic heterocycles. The van der Waals surface area contributed by atoms with Gasteiger partial charge in [0.05, 0.1) is 0 Å². The Balaban J connectivity index is 4.22. The van der Waals surface area contributed by atoms with Gasteiger partial charge in [-0.1, -0.05) is 47.5 Å². The standard InChI is InChI=1S/C13H29N/c1-6-11(7-2)10-12(14)13(5,8-3)9-4/h11-12H,6-10,14H2,1-5H3. The van der Waals surface area contributed by atoms with Crippen molar-refractivity contribution in [1.29, 1.82) is 0 Å². The normalized spacial score (nSPS) is 14.8. The maximum Gasteiger partial charge on any atom is 0.00953 e. The van der Waals surface area contributed by atoms with Crippen molar-refractivity contribution in [1.82, 2.24) is 0 Å². The third-order valence-electron chi connectivity index (χ3n) is 4.25. The Bertz CT molecular complexity index is 134. The van der Waals surface area contributed by atoms with Gasteiger partial charge >= 0.3 is 0 Å². The summed E-state index contributed by atoms with van der Waals surface area (Å²) in [6.07, 6.45) is 6.14. The summed E-state index contributed by atoms with van der Waals surface area (Å²) < 4.78 is 0. The van der Waals surface area contributed by atoms with E-state index < -0.39 is 0 Å². The van der Waals surface area contributed by atoms with Gasteiger partial charge < -0.3 is 5.73 Å². The molecule has 1 atom stereocenters. The molecule has 0 aliphatic carbocycles. The van der Waals surface area contributed by atoms with E-state index in [9.17, 15) is 0 Å². The quantitative estimate of drug-likeness (QED) is 0.659. The van der Waals surface area contributed by atoms with Gasteiger partial charge in [0.2, 0.25) is 0 Å². The molecule has 0 rings (SSSR count). The molecule has 0 amide bonds. The third-order valence-corrected chi connectivity index (χ3v) is 4.25. The Kier molecular flexibility index (Phi) is 6.43. The Labute approximate surface area is 90.5 Å². The SMILES string of the molecule is CCC(CC)CC(N)C(C)(CC)CC. The van der Waals surface area contributed by atoms with Crippen LogP contribution < -0.4 is 5.73 Å². The molecule has 0 aliphatic rings. The summed E-state index contributed by atoms with van der Waals surface area (Å²) in [7, 11) is 0. The molecule has 1 heteroatoms. The topological polar surface area (TPSA) is 26.0 Å². The highest BCUT2D eigenvalue weighted by Gasteiger charge is 2.28. The van der Waals surface area contributed by atoms with Crippen LogP contribution in [-0.2, 0) is 0 Å². The predicted octanol–water partition coefficient (Wildman–Crippen LogP) is 3.97. The Morgan fingerprint density at radius 2 is 1.43 bits per heavy atom. The van der Waals surface area contributed by atoms with Crippen LogP contribution in [0.2, 0.25) is 0 Å². The molecule has 0 spiro atoms. The van der Waals surface area contributed by atoms with Crippen LogP contribution in [0.15, 0.2) is 0 Å². The predicted molar refractivity (Wildman–Crippen MR) is 65.4 cm³/mol. The highest BCUT2D eigenvalue weighted by atomic mass is 14.7. The molecule has 1 nitrogen and oxygen atoms in total. The van der Waals surface area contributed by atoms with E-state index >= 15 is 0 Å². The van der Waals surface area contributed by atoms with Crippen molar-refractivity contribution in [2.24, 2.45) is 17.1 Å². The van der Waals surface area contributed by atoms with Crippen molar-refractivity contribution in [3.8, 4) is 0 Å². The van der Waals surface area contributed by atoms with Crippen molar-refractivity contribution < 1.29 is 0 Å². The van der Waals surface area contributed by atoms with E-state index in [0.29, 0.717) is 11.5 Å². The van der Waals surface area contributed by atoms with Crippen molar-refractivity contribution in [3.05, 3.63) is 0 Å². The summed E-state index contributed by atoms with van der Waals surface area (Å²) in [6.45, 7) is 11.4. The maximum absolute atomic E-state index is 6.33. The lowest BCUT2D eigenvalue weighted by Gasteiger charge is -2.35. The molecule has 0 aromatic carbocycles. The van der Waals surface area contributed by atoms with Gasteiger partial charge in [0.15, 0.2) is 0 Å². The lowest BCUT2D eigenvalue weighted by atomic mass is 9.74. The number of rotatable bonds is 7. The van der Waals surface area contributed by atoms with Crippen molar-refractivity contribution in [2.75, 3.05) is 0 Å². The molecule has 0 aromatic heterocycles. The molecule has 0 saturated carbocycles. The second kappa shape index (κ2) is 6.44. The first-order valence-electron chi connectivity index (χ1n) is 6.29. The van der Waals surface area contributed by atoms with Crippen LogP contribution in [0, 0.1) is 11.3 Å². The van der Waals surface area contributed by atoms with E-state index in [1.807, 2.05) is 0 Å². The summed E-state index contributed by atoms with van der Waals surface area (Å²) in [5.74, 6) is 0.822. The Morgan fingerprint density at radius 3 is 1.71 bits per heavy atom. The summed E-state index contributed by atoms with van der Waals surface area (Å²) in [5, 5.41) is 0. The first kappa shape index (κ1) is 14.0. The van der Waals surface area contributed by atoms with Crippen LogP contribution >= 0.6 is 0 Å². The van der Waals surface area contributed by atoms with E-state index in [2.05, 4.69) is 34.6 Å². The van der Waals surface area contributed by atoms with E-state index in [-0.39, 0.29) is 0 Å². The summed E-state index contributed by atoms with van der Waals surface area (Å²) in [6, 6.07) is 0.377. The first-order valence-corrected chi connectivity index (χ1v) is 6.29. The fourth-order valence-corrected chi connectivity index (χ4v) is 2.04. The Morgan fingerprint density at radius 1 is 1.00 bits per heavy atom. The minimum Gasteiger partial charge on any atom is -0.327 e. The summed E-state index contributed by atoms with van der Waals surface area (Å²) >= 11 is 0. The first-order chi connectivity index (χ1) is 6.53. The number of hydrogen-bond donors (Lipinski definition) is 1. The van der Waals surface area contributed by atoms with Gasteiger partial charge in [-0.05, 0) is 30.6 Å². The zero-order valence-electron chi connectivity index (χ0n) is 10.8. The van der Waals surface area contributed by atoms with Gasteiger partial charge in [0, 0.05) is 6.04 Å². The second-order valence-corrected chi connectivity index (χ2v) is 4.89. The van der Waals surface area contributed by atoms with Crippen LogP contribution in [0.1, 0.15) is 66.7 Å². The molecular weight excluding hydrogens is 170 g/mol. The smallest absolute Gasteiger partial charge is 0.00953 e. The van der Waals surface area contributed by atoms with Crippen molar-refractivity contribution >= 4 is 0 Å². The van der Waals surface area contributed by atoms with Crippen molar-refractivity contribution in [3.63, 3.8) is 0 Å². The Hall–Kier alpha value is -0.0400. The third kappa shape index (κ3) is 3.61. The average molecular weight is 199 g/mol. The summed E-state index contributed by atoms with van der Waals surface area (Å²) in [5.41, 5.74) is 6.68. The fourth-order valence-electron chi connectivity index (χ4n) is 2.04. The monoisotopic (exact) mass is 199 g/mol. The minimum absolute atomic E-state index is 0.350. The summed E-state index contributed by atoms with van der Waals surface area (Å²) in [4.78, 5) is 0. The molecule has 0 aromatic rings. The zero-order valence-corrected chi connectivity index (χ0v) is 10.8. The molecular formula is C13H29N. The molecule has 86 valence electrons. The van der Waals surface area contributed by atoms with E-state index in [0.717, 1.165) is 5.92 Å². The highest BCUT2D eigenvalue weighted by Crippen LogP contribution is 2.32. The number of hydrogen-bond acceptors (Lipinski definition) is 1. The van der Waals surface area contributed by atoms with Gasteiger partial charge in [-0.3, -0.25) is 0 Å². The van der Waals surface area contributed by atoms with Gasteiger partial charge in [-0.2, -0.15) is 0 Å². The lowest BCUT2D eigenvalue weighted by Crippen LogP contribution is -2.40. The second-order valence-electron chi connectivity index (χ2n) is 4.89. The molecule has 2 N–H and O–H groups in total. The van der Waals surface area contributed by atoms with Gasteiger partial charge in [-0.25, -0.2) is 0 Å². The van der Waals surface area contributed by atoms with Crippen LogP contribution in [0.25, 0.3) is 0 Å². The molecule has 0 fully saturated rings. The van der Waals surface area contributed by atoms with E-state index in [1.54, 1.807) is 0 Å². The molecule has 1 unspecified atom stereocenters. The van der Waals surface area contributed by atoms with Crippen LogP contribution in [-0.4, -0.2) is 6.04 Å². The van der Waals surface area contributed by atoms with E-state index in [4.69, 9.17) is 5.73 Å². The largest absolute Gasteiger partial charge is 0.327 e. The molecule has 0 bridgehead atoms. The molecule has 0 heterocycles. The fraction of sp³-hybridized carbons (Fsp3) is 1.00. The molecule has 0 radical (unpaired) electrons. The van der Waals surface area contributed by atoms with Crippen LogP contribution in [0.3, 0.4) is 0 Å². The highest BCUT2D eigenvalue weighted by molar-refractivity contribution is 4.84. The van der Waals surface area contributed by atoms with Crippen molar-refractivity contribution in [2.45, 2.75) is 72.8 Å². The molecule has 0 saturated heterocycles. The van der Waals surface area contributed by atoms with E-state index in [1.165, 1.54) is 32.1 Å².